The molecule has 1 heterocycles. The number of anilines is 1. The molecule has 1 aromatic rings. The summed E-state index contributed by atoms with van der Waals surface area (Å²) in [6, 6.07) is 5.00. The van der Waals surface area contributed by atoms with E-state index in [0.717, 1.165) is 25.2 Å². The van der Waals surface area contributed by atoms with Gasteiger partial charge in [0.2, 0.25) is 0 Å². The first-order valence-electron chi connectivity index (χ1n) is 5.28. The maximum Gasteiger partial charge on any atom is 0.125 e. The van der Waals surface area contributed by atoms with Gasteiger partial charge in [-0.15, -0.1) is 0 Å². The molecule has 2 N–H and O–H groups in total. The lowest BCUT2D eigenvalue weighted by Gasteiger charge is -2.28. The van der Waals surface area contributed by atoms with Crippen LogP contribution in [0.15, 0.2) is 18.2 Å². The Bertz CT molecular complexity index is 368. The van der Waals surface area contributed by atoms with Crippen molar-refractivity contribution in [1.29, 1.82) is 0 Å². The highest BCUT2D eigenvalue weighted by Crippen LogP contribution is 2.29. The van der Waals surface area contributed by atoms with E-state index in [1.54, 1.807) is 6.07 Å². The Labute approximate surface area is 89.9 Å². The van der Waals surface area contributed by atoms with Crippen molar-refractivity contribution < 1.29 is 4.39 Å². The number of nitrogens with zero attached hydrogens (tertiary/aromatic N) is 1. The summed E-state index contributed by atoms with van der Waals surface area (Å²) in [5.74, 6) is -0.171. The Kier molecular flexibility index (Phi) is 2.43. The van der Waals surface area contributed by atoms with Crippen molar-refractivity contribution in [1.82, 2.24) is 0 Å². The molecule has 0 fully saturated rings. The molecular formula is C12H17FN2. The van der Waals surface area contributed by atoms with Crippen LogP contribution in [0.4, 0.5) is 10.1 Å². The Balaban J connectivity index is 2.24. The van der Waals surface area contributed by atoms with Crippen LogP contribution in [0.1, 0.15) is 19.4 Å². The van der Waals surface area contributed by atoms with E-state index >= 15 is 0 Å². The van der Waals surface area contributed by atoms with Crippen molar-refractivity contribution in [2.75, 3.05) is 18.0 Å². The van der Waals surface area contributed by atoms with Gasteiger partial charge in [-0.3, -0.25) is 0 Å². The van der Waals surface area contributed by atoms with Crippen molar-refractivity contribution >= 4 is 5.69 Å². The molecule has 0 saturated heterocycles. The van der Waals surface area contributed by atoms with Crippen molar-refractivity contribution in [3.63, 3.8) is 0 Å². The lowest BCUT2D eigenvalue weighted by atomic mass is 10.1. The van der Waals surface area contributed by atoms with Crippen LogP contribution in [0.5, 0.6) is 0 Å². The number of halogens is 1. The highest BCUT2D eigenvalue weighted by Gasteiger charge is 2.23. The SMILES string of the molecule is CC(C)(N)CN1CCc2ccc(F)cc21. The van der Waals surface area contributed by atoms with Gasteiger partial charge < -0.3 is 10.6 Å². The average molecular weight is 208 g/mol. The topological polar surface area (TPSA) is 29.3 Å². The number of rotatable bonds is 2. The highest BCUT2D eigenvalue weighted by molar-refractivity contribution is 5.58. The zero-order valence-corrected chi connectivity index (χ0v) is 9.26. The van der Waals surface area contributed by atoms with Crippen LogP contribution >= 0.6 is 0 Å². The smallest absolute Gasteiger partial charge is 0.125 e. The molecule has 0 saturated carbocycles. The van der Waals surface area contributed by atoms with Gasteiger partial charge in [-0.1, -0.05) is 6.07 Å². The first-order chi connectivity index (χ1) is 6.96. The van der Waals surface area contributed by atoms with Gasteiger partial charge >= 0.3 is 0 Å². The van der Waals surface area contributed by atoms with Crippen molar-refractivity contribution in [3.05, 3.63) is 29.6 Å². The molecule has 0 radical (unpaired) electrons. The zero-order chi connectivity index (χ0) is 11.1. The van der Waals surface area contributed by atoms with Gasteiger partial charge in [0.25, 0.3) is 0 Å². The standard InChI is InChI=1S/C12H17FN2/c1-12(2,14)8-15-6-5-9-3-4-10(13)7-11(9)15/h3-4,7H,5-6,8,14H2,1-2H3. The highest BCUT2D eigenvalue weighted by atomic mass is 19.1. The minimum absolute atomic E-state index is 0.171. The number of hydrogen-bond donors (Lipinski definition) is 1. The molecular weight excluding hydrogens is 191 g/mol. The summed E-state index contributed by atoms with van der Waals surface area (Å²) in [7, 11) is 0. The summed E-state index contributed by atoms with van der Waals surface area (Å²) in [5, 5.41) is 0. The van der Waals surface area contributed by atoms with E-state index in [4.69, 9.17) is 5.73 Å². The van der Waals surface area contributed by atoms with Gasteiger partial charge in [0, 0.05) is 24.3 Å². The normalized spacial score (nSPS) is 15.6. The van der Waals surface area contributed by atoms with Gasteiger partial charge in [-0.05, 0) is 38.0 Å². The number of fused-ring (bicyclic) bond motifs is 1. The van der Waals surface area contributed by atoms with Crippen molar-refractivity contribution in [2.45, 2.75) is 25.8 Å². The minimum Gasteiger partial charge on any atom is -0.369 e. The van der Waals surface area contributed by atoms with Crippen molar-refractivity contribution in [2.24, 2.45) is 5.73 Å². The maximum atomic E-state index is 13.1. The third-order valence-corrected chi connectivity index (χ3v) is 2.64. The summed E-state index contributed by atoms with van der Waals surface area (Å²) < 4.78 is 13.1. The number of nitrogens with two attached hydrogens (primary N) is 1. The van der Waals surface area contributed by atoms with Crippen LogP contribution in [0.3, 0.4) is 0 Å². The lowest BCUT2D eigenvalue weighted by molar-refractivity contribution is 0.511. The molecule has 2 nitrogen and oxygen atoms in total. The molecule has 0 atom stereocenters. The fraction of sp³-hybridized carbons (Fsp3) is 0.500. The fourth-order valence-electron chi connectivity index (χ4n) is 2.07. The number of benzene rings is 1. The molecule has 82 valence electrons. The molecule has 1 aromatic carbocycles. The van der Waals surface area contributed by atoms with Crippen LogP contribution in [-0.2, 0) is 6.42 Å². The van der Waals surface area contributed by atoms with E-state index in [0.29, 0.717) is 0 Å². The monoisotopic (exact) mass is 208 g/mol. The summed E-state index contributed by atoms with van der Waals surface area (Å²) in [6.45, 7) is 5.69. The second-order valence-corrected chi connectivity index (χ2v) is 4.93. The predicted molar refractivity (Wildman–Crippen MR) is 60.6 cm³/mol. The van der Waals surface area contributed by atoms with E-state index in [9.17, 15) is 4.39 Å². The molecule has 0 unspecified atom stereocenters. The Hall–Kier alpha value is -1.09. The third kappa shape index (κ3) is 2.29. The van der Waals surface area contributed by atoms with E-state index in [2.05, 4.69) is 4.90 Å². The van der Waals surface area contributed by atoms with E-state index < -0.39 is 0 Å². The molecule has 0 amide bonds. The summed E-state index contributed by atoms with van der Waals surface area (Å²) in [6.07, 6.45) is 0.992. The fourth-order valence-corrected chi connectivity index (χ4v) is 2.07. The lowest BCUT2D eigenvalue weighted by Crippen LogP contribution is -2.44. The van der Waals surface area contributed by atoms with Crippen LogP contribution in [0, 0.1) is 5.82 Å². The minimum atomic E-state index is -0.242. The van der Waals surface area contributed by atoms with Gasteiger partial charge in [-0.2, -0.15) is 0 Å². The summed E-state index contributed by atoms with van der Waals surface area (Å²) >= 11 is 0. The molecule has 1 aliphatic rings. The molecule has 3 heteroatoms. The Morgan fingerprint density at radius 3 is 2.87 bits per heavy atom. The van der Waals surface area contributed by atoms with E-state index in [-0.39, 0.29) is 11.4 Å². The second-order valence-electron chi connectivity index (χ2n) is 4.93. The molecule has 0 aromatic heterocycles. The molecule has 0 aliphatic carbocycles. The third-order valence-electron chi connectivity index (χ3n) is 2.64. The summed E-state index contributed by atoms with van der Waals surface area (Å²) in [4.78, 5) is 2.17. The summed E-state index contributed by atoms with van der Waals surface area (Å²) in [5.41, 5.74) is 7.96. The molecule has 15 heavy (non-hydrogen) atoms. The Morgan fingerprint density at radius 2 is 2.20 bits per heavy atom. The molecule has 0 bridgehead atoms. The first-order valence-corrected chi connectivity index (χ1v) is 5.28. The predicted octanol–water partition coefficient (Wildman–Crippen LogP) is 1.93. The van der Waals surface area contributed by atoms with Crippen molar-refractivity contribution in [3.8, 4) is 0 Å². The van der Waals surface area contributed by atoms with Crippen LogP contribution in [0.2, 0.25) is 0 Å². The van der Waals surface area contributed by atoms with Crippen LogP contribution < -0.4 is 10.6 Å². The average Bonchev–Trinajstić information content (AvgIpc) is 2.46. The van der Waals surface area contributed by atoms with Gasteiger partial charge in [0.15, 0.2) is 0 Å². The number of hydrogen-bond acceptors (Lipinski definition) is 2. The molecule has 2 rings (SSSR count). The van der Waals surface area contributed by atoms with E-state index in [1.165, 1.54) is 11.6 Å². The largest absolute Gasteiger partial charge is 0.369 e. The first kappa shape index (κ1) is 10.4. The van der Waals surface area contributed by atoms with Gasteiger partial charge in [0.1, 0.15) is 5.82 Å². The molecule has 0 spiro atoms. The maximum absolute atomic E-state index is 13.1. The van der Waals surface area contributed by atoms with Crippen LogP contribution in [-0.4, -0.2) is 18.6 Å². The van der Waals surface area contributed by atoms with Gasteiger partial charge in [-0.25, -0.2) is 4.39 Å². The van der Waals surface area contributed by atoms with Gasteiger partial charge in [0.05, 0.1) is 0 Å². The quantitative estimate of drug-likeness (QED) is 0.804. The molecule has 1 aliphatic heterocycles. The van der Waals surface area contributed by atoms with Crippen LogP contribution in [0.25, 0.3) is 0 Å². The second kappa shape index (κ2) is 3.49. The van der Waals surface area contributed by atoms with E-state index in [1.807, 2.05) is 19.9 Å². The zero-order valence-electron chi connectivity index (χ0n) is 9.26. The Morgan fingerprint density at radius 1 is 1.47 bits per heavy atom.